The van der Waals surface area contributed by atoms with E-state index in [1.807, 2.05) is 13.8 Å². The molecule has 3 N–H and O–H groups in total. The molecule has 3 heteroatoms. The van der Waals surface area contributed by atoms with Crippen LogP contribution in [-0.2, 0) is 0 Å². The average Bonchev–Trinajstić information content (AvgIpc) is 2.13. The highest BCUT2D eigenvalue weighted by Crippen LogP contribution is 2.07. The Hall–Kier alpha value is -0.830. The number of aromatic amines is 1. The molecule has 0 saturated heterocycles. The van der Waals surface area contributed by atoms with Crippen LogP contribution in [0.3, 0.4) is 0 Å². The molecule has 0 fully saturated rings. The molecule has 0 bridgehead atoms. The van der Waals surface area contributed by atoms with E-state index in [4.69, 9.17) is 5.73 Å². The van der Waals surface area contributed by atoms with Crippen molar-refractivity contribution >= 4 is 0 Å². The van der Waals surface area contributed by atoms with Crippen molar-refractivity contribution in [3.8, 4) is 0 Å². The molecule has 0 radical (unpaired) electrons. The molecule has 1 aromatic rings. The van der Waals surface area contributed by atoms with E-state index in [0.717, 1.165) is 11.4 Å². The van der Waals surface area contributed by atoms with E-state index in [0.29, 0.717) is 0 Å². The summed E-state index contributed by atoms with van der Waals surface area (Å²) in [6.07, 6.45) is 1.66. The van der Waals surface area contributed by atoms with Crippen LogP contribution in [0.25, 0.3) is 0 Å². The fourth-order valence-electron chi connectivity index (χ4n) is 0.834. The monoisotopic (exact) mass is 125 g/mol. The second kappa shape index (κ2) is 2.19. The Labute approximate surface area is 54.3 Å². The van der Waals surface area contributed by atoms with Crippen LogP contribution in [0.4, 0.5) is 0 Å². The molecule has 0 amide bonds. The first-order valence-electron chi connectivity index (χ1n) is 2.97. The maximum atomic E-state index is 5.59. The highest BCUT2D eigenvalue weighted by atomic mass is 14.9. The van der Waals surface area contributed by atoms with E-state index in [9.17, 15) is 0 Å². The van der Waals surface area contributed by atoms with E-state index < -0.39 is 0 Å². The summed E-state index contributed by atoms with van der Waals surface area (Å²) in [4.78, 5) is 6.97. The summed E-state index contributed by atoms with van der Waals surface area (Å²) in [5.41, 5.74) is 7.60. The zero-order chi connectivity index (χ0) is 6.85. The standard InChI is InChI=1S/C6H11N3/c1-4(7)6-5(2)8-3-9-6/h3-4H,7H2,1-2H3,(H,8,9). The first-order valence-corrected chi connectivity index (χ1v) is 2.97. The molecular formula is C6H11N3. The summed E-state index contributed by atoms with van der Waals surface area (Å²) in [5.74, 6) is 0. The Balaban J connectivity index is 2.94. The number of aryl methyl sites for hydroxylation is 1. The molecule has 0 aliphatic heterocycles. The van der Waals surface area contributed by atoms with Crippen LogP contribution in [0.2, 0.25) is 0 Å². The molecule has 1 heterocycles. The van der Waals surface area contributed by atoms with Crippen molar-refractivity contribution in [2.75, 3.05) is 0 Å². The second-order valence-corrected chi connectivity index (χ2v) is 2.19. The number of aromatic nitrogens is 2. The molecule has 0 spiro atoms. The molecule has 0 aliphatic carbocycles. The molecule has 1 rings (SSSR count). The van der Waals surface area contributed by atoms with Gasteiger partial charge in [-0.15, -0.1) is 0 Å². The summed E-state index contributed by atoms with van der Waals surface area (Å²) >= 11 is 0. The Morgan fingerprint density at radius 2 is 2.44 bits per heavy atom. The minimum Gasteiger partial charge on any atom is -0.347 e. The summed E-state index contributed by atoms with van der Waals surface area (Å²) in [7, 11) is 0. The molecule has 0 saturated carbocycles. The Bertz CT molecular complexity index is 190. The normalized spacial score (nSPS) is 13.7. The molecule has 1 aromatic heterocycles. The molecule has 0 aromatic carbocycles. The van der Waals surface area contributed by atoms with Gasteiger partial charge in [0.2, 0.25) is 0 Å². The smallest absolute Gasteiger partial charge is 0.0925 e. The van der Waals surface area contributed by atoms with Crippen molar-refractivity contribution < 1.29 is 0 Å². The van der Waals surface area contributed by atoms with Crippen molar-refractivity contribution in [1.29, 1.82) is 0 Å². The average molecular weight is 125 g/mol. The molecular weight excluding hydrogens is 114 g/mol. The topological polar surface area (TPSA) is 54.7 Å². The lowest BCUT2D eigenvalue weighted by atomic mass is 10.2. The Kier molecular flexibility index (Phi) is 1.53. The van der Waals surface area contributed by atoms with E-state index in [1.165, 1.54) is 0 Å². The number of nitrogens with two attached hydrogens (primary N) is 1. The molecule has 1 atom stereocenters. The van der Waals surface area contributed by atoms with Crippen LogP contribution in [0, 0.1) is 6.92 Å². The lowest BCUT2D eigenvalue weighted by molar-refractivity contribution is 0.780. The van der Waals surface area contributed by atoms with Gasteiger partial charge in [-0.2, -0.15) is 0 Å². The maximum Gasteiger partial charge on any atom is 0.0925 e. The van der Waals surface area contributed by atoms with Gasteiger partial charge in [-0.05, 0) is 13.8 Å². The number of nitrogens with zero attached hydrogens (tertiary/aromatic N) is 1. The quantitative estimate of drug-likeness (QED) is 0.581. The minimum absolute atomic E-state index is 0.0625. The lowest BCUT2D eigenvalue weighted by Crippen LogP contribution is -2.06. The number of imidazole rings is 1. The molecule has 3 nitrogen and oxygen atoms in total. The van der Waals surface area contributed by atoms with Crippen LogP contribution in [0.1, 0.15) is 24.4 Å². The van der Waals surface area contributed by atoms with Crippen molar-refractivity contribution in [1.82, 2.24) is 9.97 Å². The SMILES string of the molecule is Cc1nc[nH]c1C(C)N. The van der Waals surface area contributed by atoms with Gasteiger partial charge in [0.1, 0.15) is 0 Å². The first-order chi connectivity index (χ1) is 4.22. The van der Waals surface area contributed by atoms with Crippen molar-refractivity contribution in [3.63, 3.8) is 0 Å². The lowest BCUT2D eigenvalue weighted by Gasteiger charge is -2.00. The summed E-state index contributed by atoms with van der Waals surface area (Å²) < 4.78 is 0. The largest absolute Gasteiger partial charge is 0.347 e. The number of hydrogen-bond acceptors (Lipinski definition) is 2. The number of rotatable bonds is 1. The molecule has 9 heavy (non-hydrogen) atoms. The molecule has 1 unspecified atom stereocenters. The van der Waals surface area contributed by atoms with Crippen LogP contribution in [0.5, 0.6) is 0 Å². The Morgan fingerprint density at radius 1 is 1.78 bits per heavy atom. The number of hydrogen-bond donors (Lipinski definition) is 2. The predicted octanol–water partition coefficient (Wildman–Crippen LogP) is 0.738. The summed E-state index contributed by atoms with van der Waals surface area (Å²) in [6.45, 7) is 3.87. The van der Waals surface area contributed by atoms with Gasteiger partial charge >= 0.3 is 0 Å². The first kappa shape index (κ1) is 6.29. The van der Waals surface area contributed by atoms with E-state index in [-0.39, 0.29) is 6.04 Å². The van der Waals surface area contributed by atoms with Gasteiger partial charge in [0, 0.05) is 6.04 Å². The summed E-state index contributed by atoms with van der Waals surface area (Å²) in [6, 6.07) is 0.0625. The van der Waals surface area contributed by atoms with Crippen LogP contribution in [0.15, 0.2) is 6.33 Å². The van der Waals surface area contributed by atoms with Crippen molar-refractivity contribution in [3.05, 3.63) is 17.7 Å². The third kappa shape index (κ3) is 1.10. The highest BCUT2D eigenvalue weighted by molar-refractivity contribution is 5.11. The zero-order valence-electron chi connectivity index (χ0n) is 5.68. The van der Waals surface area contributed by atoms with Crippen LogP contribution in [-0.4, -0.2) is 9.97 Å². The van der Waals surface area contributed by atoms with E-state index in [2.05, 4.69) is 9.97 Å². The molecule has 0 aliphatic rings. The predicted molar refractivity (Wildman–Crippen MR) is 35.9 cm³/mol. The van der Waals surface area contributed by atoms with Gasteiger partial charge in [0.05, 0.1) is 17.7 Å². The second-order valence-electron chi connectivity index (χ2n) is 2.19. The minimum atomic E-state index is 0.0625. The van der Waals surface area contributed by atoms with Crippen molar-refractivity contribution in [2.45, 2.75) is 19.9 Å². The fourth-order valence-corrected chi connectivity index (χ4v) is 0.834. The maximum absolute atomic E-state index is 5.59. The zero-order valence-corrected chi connectivity index (χ0v) is 5.68. The third-order valence-electron chi connectivity index (χ3n) is 1.32. The van der Waals surface area contributed by atoms with Crippen molar-refractivity contribution in [2.24, 2.45) is 5.73 Å². The highest BCUT2D eigenvalue weighted by Gasteiger charge is 2.03. The van der Waals surface area contributed by atoms with Crippen LogP contribution < -0.4 is 5.73 Å². The van der Waals surface area contributed by atoms with Gasteiger partial charge in [0.15, 0.2) is 0 Å². The van der Waals surface area contributed by atoms with Gasteiger partial charge in [0.25, 0.3) is 0 Å². The van der Waals surface area contributed by atoms with E-state index in [1.54, 1.807) is 6.33 Å². The Morgan fingerprint density at radius 3 is 2.67 bits per heavy atom. The summed E-state index contributed by atoms with van der Waals surface area (Å²) in [5, 5.41) is 0. The number of nitrogens with one attached hydrogen (secondary N) is 1. The molecule has 50 valence electrons. The van der Waals surface area contributed by atoms with Gasteiger partial charge in [-0.3, -0.25) is 0 Å². The van der Waals surface area contributed by atoms with Gasteiger partial charge < -0.3 is 10.7 Å². The van der Waals surface area contributed by atoms with Crippen LogP contribution >= 0.6 is 0 Å². The van der Waals surface area contributed by atoms with Gasteiger partial charge in [-0.25, -0.2) is 4.98 Å². The fraction of sp³-hybridized carbons (Fsp3) is 0.500. The van der Waals surface area contributed by atoms with Gasteiger partial charge in [-0.1, -0.05) is 0 Å². The third-order valence-corrected chi connectivity index (χ3v) is 1.32. The van der Waals surface area contributed by atoms with E-state index >= 15 is 0 Å². The number of H-pyrrole nitrogens is 1.